The normalized spacial score (nSPS) is 15.6. The van der Waals surface area contributed by atoms with Crippen LogP contribution in [0, 0.1) is 0 Å². The third kappa shape index (κ3) is 4.11. The summed E-state index contributed by atoms with van der Waals surface area (Å²) in [4.78, 5) is 0. The van der Waals surface area contributed by atoms with Crippen LogP contribution in [0.15, 0.2) is 0 Å². The fourth-order valence-electron chi connectivity index (χ4n) is 0.570. The molecule has 0 spiro atoms. The van der Waals surface area contributed by atoms with Gasteiger partial charge in [0.05, 0.1) is 0 Å². The maximum absolute atomic E-state index is 12.7. The Kier molecular flexibility index (Phi) is 4.73. The lowest BCUT2D eigenvalue weighted by Gasteiger charge is -2.32. The van der Waals surface area contributed by atoms with E-state index in [2.05, 4.69) is 0 Å². The molecule has 0 aliphatic rings. The summed E-state index contributed by atoms with van der Waals surface area (Å²) in [5, 5.41) is 0. The summed E-state index contributed by atoms with van der Waals surface area (Å²) in [7, 11) is 0. The first-order chi connectivity index (χ1) is 6.21. The molecular formula is C5H2Cl5F5. The van der Waals surface area contributed by atoms with Crippen molar-refractivity contribution in [1.82, 2.24) is 0 Å². The second-order valence-electron chi connectivity index (χ2n) is 2.57. The minimum Gasteiger partial charge on any atom is -0.193 e. The number of halogens is 10. The molecule has 0 aliphatic heterocycles. The monoisotopic (exact) mass is 332 g/mol. The molecule has 0 fully saturated rings. The number of alkyl halides is 10. The summed E-state index contributed by atoms with van der Waals surface area (Å²) in [6.45, 7) is 0. The molecule has 92 valence electrons. The van der Waals surface area contributed by atoms with E-state index in [0.29, 0.717) is 0 Å². The van der Waals surface area contributed by atoms with Crippen LogP contribution < -0.4 is 0 Å². The predicted octanol–water partition coefficient (Wildman–Crippen LogP) is 5.12. The van der Waals surface area contributed by atoms with Gasteiger partial charge in [0.2, 0.25) is 0 Å². The van der Waals surface area contributed by atoms with Gasteiger partial charge in [0.15, 0.2) is 8.13 Å². The molecule has 0 unspecified atom stereocenters. The molecule has 0 saturated heterocycles. The van der Waals surface area contributed by atoms with E-state index < -0.39 is 26.6 Å². The molecule has 0 atom stereocenters. The molecule has 0 aliphatic carbocycles. The van der Waals surface area contributed by atoms with Gasteiger partial charge in [-0.25, -0.2) is 0 Å². The van der Waals surface area contributed by atoms with Crippen molar-refractivity contribution in [3.63, 3.8) is 0 Å². The summed E-state index contributed by atoms with van der Waals surface area (Å²) in [5.41, 5.74) is 0. The van der Waals surface area contributed by atoms with Crippen molar-refractivity contribution >= 4 is 58.0 Å². The second kappa shape index (κ2) is 4.41. The SMILES string of the molecule is FC(F)(F)C(F)(F)C(Cl)(Cl)CC(Cl)(Cl)Cl. The van der Waals surface area contributed by atoms with Crippen LogP contribution in [0.25, 0.3) is 0 Å². The quantitative estimate of drug-likeness (QED) is 0.486. The maximum Gasteiger partial charge on any atom is 0.456 e. The van der Waals surface area contributed by atoms with Gasteiger partial charge < -0.3 is 0 Å². The summed E-state index contributed by atoms with van der Waals surface area (Å²) in [6, 6.07) is 0. The van der Waals surface area contributed by atoms with Gasteiger partial charge in [-0.2, -0.15) is 22.0 Å². The zero-order valence-electron chi connectivity index (χ0n) is 6.49. The number of hydrogen-bond donors (Lipinski definition) is 0. The van der Waals surface area contributed by atoms with Gasteiger partial charge in [0, 0.05) is 6.42 Å². The number of hydrogen-bond acceptors (Lipinski definition) is 0. The summed E-state index contributed by atoms with van der Waals surface area (Å²) >= 11 is 24.8. The van der Waals surface area contributed by atoms with Gasteiger partial charge in [0.25, 0.3) is 0 Å². The van der Waals surface area contributed by atoms with E-state index in [9.17, 15) is 22.0 Å². The minimum atomic E-state index is -5.92. The molecule has 0 aromatic carbocycles. The van der Waals surface area contributed by atoms with Crippen molar-refractivity contribution in [2.24, 2.45) is 0 Å². The van der Waals surface area contributed by atoms with Crippen LogP contribution in [0.3, 0.4) is 0 Å². The maximum atomic E-state index is 12.7. The van der Waals surface area contributed by atoms with E-state index in [0.717, 1.165) is 0 Å². The van der Waals surface area contributed by atoms with Gasteiger partial charge in [-0.05, 0) is 0 Å². The Morgan fingerprint density at radius 3 is 1.27 bits per heavy atom. The van der Waals surface area contributed by atoms with Gasteiger partial charge in [0.1, 0.15) is 0 Å². The van der Waals surface area contributed by atoms with Crippen molar-refractivity contribution in [3.8, 4) is 0 Å². The summed E-state index contributed by atoms with van der Waals surface area (Å²) in [5.74, 6) is -5.38. The molecule has 0 bridgehead atoms. The van der Waals surface area contributed by atoms with E-state index in [1.807, 2.05) is 0 Å². The largest absolute Gasteiger partial charge is 0.456 e. The zero-order valence-corrected chi connectivity index (χ0v) is 10.3. The van der Waals surface area contributed by atoms with E-state index in [-0.39, 0.29) is 0 Å². The van der Waals surface area contributed by atoms with E-state index in [1.54, 1.807) is 0 Å². The fraction of sp³-hybridized carbons (Fsp3) is 1.00. The lowest BCUT2D eigenvalue weighted by atomic mass is 10.1. The Morgan fingerprint density at radius 2 is 1.07 bits per heavy atom. The molecule has 0 rings (SSSR count). The Bertz CT molecular complexity index is 229. The predicted molar refractivity (Wildman–Crippen MR) is 50.3 cm³/mol. The molecule has 0 aromatic heterocycles. The molecule has 0 aromatic rings. The molecule has 0 heterocycles. The van der Waals surface area contributed by atoms with Crippen LogP contribution in [0.5, 0.6) is 0 Å². The third-order valence-corrected chi connectivity index (χ3v) is 2.38. The molecule has 0 radical (unpaired) electrons. The molecule has 10 heteroatoms. The van der Waals surface area contributed by atoms with Gasteiger partial charge in [-0.3, -0.25) is 0 Å². The zero-order chi connectivity index (χ0) is 12.7. The first kappa shape index (κ1) is 16.1. The van der Waals surface area contributed by atoms with Crippen molar-refractivity contribution in [2.75, 3.05) is 0 Å². The van der Waals surface area contributed by atoms with Crippen molar-refractivity contribution in [2.45, 2.75) is 26.6 Å². The van der Waals surface area contributed by atoms with Crippen LogP contribution in [-0.4, -0.2) is 20.2 Å². The molecule has 15 heavy (non-hydrogen) atoms. The summed E-state index contributed by atoms with van der Waals surface area (Å²) < 4.78 is 55.0. The van der Waals surface area contributed by atoms with Gasteiger partial charge >= 0.3 is 12.1 Å². The molecular weight excluding hydrogens is 332 g/mol. The Morgan fingerprint density at radius 1 is 0.733 bits per heavy atom. The van der Waals surface area contributed by atoms with Crippen LogP contribution in [0.2, 0.25) is 0 Å². The lowest BCUT2D eigenvalue weighted by molar-refractivity contribution is -0.287. The van der Waals surface area contributed by atoms with Crippen LogP contribution in [0.4, 0.5) is 22.0 Å². The first-order valence-electron chi connectivity index (χ1n) is 3.10. The summed E-state index contributed by atoms with van der Waals surface area (Å²) in [6.07, 6.45) is -7.30. The molecule has 0 N–H and O–H groups in total. The highest BCUT2D eigenvalue weighted by molar-refractivity contribution is 6.68. The van der Waals surface area contributed by atoms with E-state index in [4.69, 9.17) is 58.0 Å². The molecule has 0 nitrogen and oxygen atoms in total. The van der Waals surface area contributed by atoms with Crippen LogP contribution >= 0.6 is 58.0 Å². The fourth-order valence-corrected chi connectivity index (χ4v) is 2.20. The van der Waals surface area contributed by atoms with Crippen molar-refractivity contribution < 1.29 is 22.0 Å². The highest BCUT2D eigenvalue weighted by Gasteiger charge is 2.70. The number of rotatable bonds is 2. The van der Waals surface area contributed by atoms with Crippen molar-refractivity contribution in [3.05, 3.63) is 0 Å². The van der Waals surface area contributed by atoms with Crippen LogP contribution in [-0.2, 0) is 0 Å². The Balaban J connectivity index is 5.03. The van der Waals surface area contributed by atoms with Gasteiger partial charge in [-0.1, -0.05) is 58.0 Å². The Labute approximate surface area is 107 Å². The average Bonchev–Trinajstić information content (AvgIpc) is 1.77. The van der Waals surface area contributed by atoms with Crippen molar-refractivity contribution in [1.29, 1.82) is 0 Å². The standard InChI is InChI=1S/C5H2Cl5F5/c6-2(7,1-3(8,9)10)4(11,12)5(13,14)15/h1H2. The van der Waals surface area contributed by atoms with E-state index >= 15 is 0 Å². The highest BCUT2D eigenvalue weighted by atomic mass is 35.6. The minimum absolute atomic E-state index is 1.37. The average molecular weight is 334 g/mol. The molecule has 0 amide bonds. The van der Waals surface area contributed by atoms with Gasteiger partial charge in [-0.15, -0.1) is 0 Å². The second-order valence-corrected chi connectivity index (χ2v) is 6.57. The topological polar surface area (TPSA) is 0 Å². The molecule has 0 saturated carbocycles. The lowest BCUT2D eigenvalue weighted by Crippen LogP contribution is -2.51. The van der Waals surface area contributed by atoms with E-state index in [1.165, 1.54) is 0 Å². The highest BCUT2D eigenvalue weighted by Crippen LogP contribution is 2.54. The first-order valence-corrected chi connectivity index (χ1v) is 4.99. The smallest absolute Gasteiger partial charge is 0.193 e. The Hall–Kier alpha value is 1.10. The van der Waals surface area contributed by atoms with Crippen LogP contribution in [0.1, 0.15) is 6.42 Å². The third-order valence-electron chi connectivity index (χ3n) is 1.24.